The summed E-state index contributed by atoms with van der Waals surface area (Å²) in [6.07, 6.45) is 0. The highest BCUT2D eigenvalue weighted by Crippen LogP contribution is 2.44. The summed E-state index contributed by atoms with van der Waals surface area (Å²) in [5.41, 5.74) is -1.61. The number of likely N-dealkylation sites (tertiary alicyclic amines) is 1. The average molecular weight is 181 g/mol. The molecule has 1 fully saturated rings. The molecule has 1 saturated heterocycles. The van der Waals surface area contributed by atoms with E-state index in [4.69, 9.17) is 0 Å². The molecule has 2 atom stereocenters. The molecule has 0 aromatic rings. The summed E-state index contributed by atoms with van der Waals surface area (Å²) in [5.74, 6) is -2.59. The molecule has 1 heterocycles. The minimum Gasteiger partial charge on any atom is -0.295 e. The zero-order valence-corrected chi connectivity index (χ0v) is 8.22. The van der Waals surface area contributed by atoms with Gasteiger partial charge in [0.05, 0.1) is 11.2 Å². The van der Waals surface area contributed by atoms with Crippen LogP contribution in [-0.4, -0.2) is 35.6 Å². The highest BCUT2D eigenvalue weighted by molar-refractivity contribution is 7.17. The largest absolute Gasteiger partial charge is 0.295 e. The van der Waals surface area contributed by atoms with E-state index >= 15 is 0 Å². The molecule has 2 unspecified atom stereocenters. The fourth-order valence-corrected chi connectivity index (χ4v) is 2.07. The third-order valence-corrected chi connectivity index (χ3v) is 3.34. The molecule has 0 N–H and O–H groups in total. The molecule has 1 nitrogen and oxygen atoms in total. The van der Waals surface area contributed by atoms with E-state index in [0.29, 0.717) is 6.54 Å². The molecule has 0 spiro atoms. The maximum absolute atomic E-state index is 13.3. The van der Waals surface area contributed by atoms with Crippen molar-refractivity contribution in [3.05, 3.63) is 0 Å². The van der Waals surface area contributed by atoms with Crippen LogP contribution < -0.4 is 0 Å². The molecular weight excluding hydrogens is 167 g/mol. The summed E-state index contributed by atoms with van der Waals surface area (Å²) in [5, 5.41) is 0. The summed E-state index contributed by atoms with van der Waals surface area (Å²) in [4.78, 5) is 1.70. The molecule has 0 aromatic carbocycles. The van der Waals surface area contributed by atoms with Gasteiger partial charge in [-0.1, -0.05) is 0 Å². The van der Waals surface area contributed by atoms with Gasteiger partial charge in [-0.25, -0.2) is 8.78 Å². The molecule has 0 bridgehead atoms. The Kier molecular flexibility index (Phi) is 2.01. The van der Waals surface area contributed by atoms with Crippen molar-refractivity contribution >= 4 is 9.24 Å². The molecule has 0 amide bonds. The first kappa shape index (κ1) is 9.34. The Morgan fingerprint density at radius 2 is 1.91 bits per heavy atom. The van der Waals surface area contributed by atoms with Gasteiger partial charge in [0.25, 0.3) is 5.92 Å². The van der Waals surface area contributed by atoms with Gasteiger partial charge in [-0.2, -0.15) is 0 Å². The van der Waals surface area contributed by atoms with E-state index in [9.17, 15) is 8.78 Å². The van der Waals surface area contributed by atoms with E-state index in [0.717, 1.165) is 0 Å². The summed E-state index contributed by atoms with van der Waals surface area (Å²) >= 11 is 0. The Hall–Kier alpha value is 0.250. The van der Waals surface area contributed by atoms with Crippen LogP contribution in [0.5, 0.6) is 0 Å². The molecule has 1 aliphatic rings. The number of nitrogens with zero attached hydrogens (tertiary/aromatic N) is 1. The Bertz CT molecular complexity index is 152. The fourth-order valence-electron chi connectivity index (χ4n) is 1.35. The monoisotopic (exact) mass is 181 g/mol. The summed E-state index contributed by atoms with van der Waals surface area (Å²) in [6, 6.07) is 0. The van der Waals surface area contributed by atoms with Crippen molar-refractivity contribution in [2.24, 2.45) is 0 Å². The fraction of sp³-hybridized carbons (Fsp3) is 1.00. The van der Waals surface area contributed by atoms with Crippen molar-refractivity contribution in [3.8, 4) is 0 Å². The second-order valence-corrected chi connectivity index (χ2v) is 4.47. The third-order valence-electron chi connectivity index (χ3n) is 2.71. The van der Waals surface area contributed by atoms with E-state index in [1.54, 1.807) is 25.8 Å². The zero-order valence-electron chi connectivity index (χ0n) is 7.06. The van der Waals surface area contributed by atoms with Crippen LogP contribution in [0.15, 0.2) is 0 Å². The molecule has 0 saturated carbocycles. The lowest BCUT2D eigenvalue weighted by molar-refractivity contribution is -0.0695. The van der Waals surface area contributed by atoms with E-state index < -0.39 is 17.1 Å². The van der Waals surface area contributed by atoms with Gasteiger partial charge in [-0.05, 0) is 20.9 Å². The number of hydrogen-bond donors (Lipinski definition) is 0. The SMILES string of the molecule is CN1CC(P)C(F)(F)C1(C)C. The number of alkyl halides is 2. The van der Waals surface area contributed by atoms with Crippen LogP contribution in [0.4, 0.5) is 8.78 Å². The van der Waals surface area contributed by atoms with E-state index in [-0.39, 0.29) is 0 Å². The van der Waals surface area contributed by atoms with E-state index in [1.807, 2.05) is 0 Å². The first-order valence-electron chi connectivity index (χ1n) is 3.65. The Balaban J connectivity index is 2.95. The van der Waals surface area contributed by atoms with Gasteiger partial charge in [0, 0.05) is 6.54 Å². The molecule has 0 aromatic heterocycles. The van der Waals surface area contributed by atoms with Gasteiger partial charge in [0.2, 0.25) is 0 Å². The minimum absolute atomic E-state index is 0.449. The molecule has 66 valence electrons. The summed E-state index contributed by atoms with van der Waals surface area (Å²) in [7, 11) is 3.95. The predicted octanol–water partition coefficient (Wildman–Crippen LogP) is 1.59. The molecule has 11 heavy (non-hydrogen) atoms. The van der Waals surface area contributed by atoms with Crippen LogP contribution in [-0.2, 0) is 0 Å². The normalized spacial score (nSPS) is 36.0. The molecular formula is C7H14F2NP. The van der Waals surface area contributed by atoms with Crippen LogP contribution in [0.2, 0.25) is 0 Å². The van der Waals surface area contributed by atoms with Gasteiger partial charge in [-0.15, -0.1) is 9.24 Å². The highest BCUT2D eigenvalue weighted by Gasteiger charge is 2.58. The van der Waals surface area contributed by atoms with Gasteiger partial charge in [0.1, 0.15) is 0 Å². The van der Waals surface area contributed by atoms with Crippen LogP contribution in [0.1, 0.15) is 13.8 Å². The first-order valence-corrected chi connectivity index (χ1v) is 4.31. The standard InChI is InChI=1S/C7H14F2NP/c1-6(2)7(8,9)5(11)4-10(6)3/h5H,4,11H2,1-3H3. The lowest BCUT2D eigenvalue weighted by Gasteiger charge is -2.33. The number of rotatable bonds is 0. The predicted molar refractivity (Wildman–Crippen MR) is 45.2 cm³/mol. The second-order valence-electron chi connectivity index (χ2n) is 3.67. The molecule has 0 radical (unpaired) electrons. The minimum atomic E-state index is -2.59. The maximum Gasteiger partial charge on any atom is 0.272 e. The van der Waals surface area contributed by atoms with E-state index in [1.165, 1.54) is 0 Å². The second kappa shape index (κ2) is 2.37. The Morgan fingerprint density at radius 3 is 2.00 bits per heavy atom. The van der Waals surface area contributed by atoms with Gasteiger partial charge in [0.15, 0.2) is 0 Å². The molecule has 0 aliphatic carbocycles. The van der Waals surface area contributed by atoms with Gasteiger partial charge in [-0.3, -0.25) is 4.90 Å². The lowest BCUT2D eigenvalue weighted by Crippen LogP contribution is -2.48. The van der Waals surface area contributed by atoms with Crippen molar-refractivity contribution in [2.45, 2.75) is 31.0 Å². The van der Waals surface area contributed by atoms with Crippen molar-refractivity contribution in [3.63, 3.8) is 0 Å². The zero-order chi connectivity index (χ0) is 8.86. The maximum atomic E-state index is 13.3. The van der Waals surface area contributed by atoms with Crippen LogP contribution in [0.25, 0.3) is 0 Å². The topological polar surface area (TPSA) is 3.24 Å². The molecule has 4 heteroatoms. The van der Waals surface area contributed by atoms with Gasteiger partial charge >= 0.3 is 0 Å². The van der Waals surface area contributed by atoms with Crippen molar-refractivity contribution in [2.75, 3.05) is 13.6 Å². The van der Waals surface area contributed by atoms with Crippen LogP contribution in [0, 0.1) is 0 Å². The smallest absolute Gasteiger partial charge is 0.272 e. The van der Waals surface area contributed by atoms with E-state index in [2.05, 4.69) is 9.24 Å². The molecule has 1 rings (SSSR count). The van der Waals surface area contributed by atoms with Crippen LogP contribution in [0.3, 0.4) is 0 Å². The van der Waals surface area contributed by atoms with Crippen LogP contribution >= 0.6 is 9.24 Å². The van der Waals surface area contributed by atoms with Crippen molar-refractivity contribution in [1.82, 2.24) is 4.90 Å². The first-order chi connectivity index (χ1) is 4.80. The molecule has 1 aliphatic heterocycles. The summed E-state index contributed by atoms with van der Waals surface area (Å²) < 4.78 is 26.6. The Labute approximate surface area is 68.3 Å². The van der Waals surface area contributed by atoms with Crippen molar-refractivity contribution in [1.29, 1.82) is 0 Å². The van der Waals surface area contributed by atoms with Crippen molar-refractivity contribution < 1.29 is 8.78 Å². The number of hydrogen-bond acceptors (Lipinski definition) is 1. The van der Waals surface area contributed by atoms with Gasteiger partial charge < -0.3 is 0 Å². The highest BCUT2D eigenvalue weighted by atomic mass is 31.0. The Morgan fingerprint density at radius 1 is 1.45 bits per heavy atom. The number of halogens is 2. The summed E-state index contributed by atoms with van der Waals surface area (Å²) in [6.45, 7) is 3.61. The quantitative estimate of drug-likeness (QED) is 0.513. The lowest BCUT2D eigenvalue weighted by atomic mass is 9.98. The average Bonchev–Trinajstić information content (AvgIpc) is 1.95. The third kappa shape index (κ3) is 1.09.